The highest BCUT2D eigenvalue weighted by Crippen LogP contribution is 2.37. The fraction of sp³-hybridized carbons (Fsp3) is 0.391. The molecule has 0 radical (unpaired) electrons. The topological polar surface area (TPSA) is 4.93 Å². The molecule has 3 rings (SSSR count). The molecule has 0 saturated carbocycles. The third kappa shape index (κ3) is 4.49. The minimum absolute atomic E-state index is 0.620. The van der Waals surface area contributed by atoms with Gasteiger partial charge in [0.15, 0.2) is 0 Å². The second kappa shape index (κ2) is 9.15. The number of aromatic nitrogens is 1. The summed E-state index contributed by atoms with van der Waals surface area (Å²) in [4.78, 5) is 2.68. The quantitative estimate of drug-likeness (QED) is 0.382. The van der Waals surface area contributed by atoms with Crippen molar-refractivity contribution in [2.45, 2.75) is 68.2 Å². The van der Waals surface area contributed by atoms with Crippen LogP contribution in [0.1, 0.15) is 58.4 Å². The maximum Gasteiger partial charge on any atom is 0.0494 e. The first kappa shape index (κ1) is 18.1. The zero-order valence-corrected chi connectivity index (χ0v) is 16.3. The lowest BCUT2D eigenvalue weighted by Gasteiger charge is -2.20. The normalized spacial score (nSPS) is 11.5. The molecule has 0 aliphatic carbocycles. The molecule has 0 N–H and O–H groups in total. The fourth-order valence-electron chi connectivity index (χ4n) is 3.47. The summed E-state index contributed by atoms with van der Waals surface area (Å²) in [6.45, 7) is 4.59. The van der Waals surface area contributed by atoms with E-state index in [2.05, 4.69) is 79.2 Å². The van der Waals surface area contributed by atoms with E-state index in [4.69, 9.17) is 0 Å². The summed E-state index contributed by atoms with van der Waals surface area (Å²) < 4.78 is 2.56. The van der Waals surface area contributed by atoms with Gasteiger partial charge in [-0.05, 0) is 31.0 Å². The Kier molecular flexibility index (Phi) is 6.63. The van der Waals surface area contributed by atoms with E-state index in [1.54, 1.807) is 0 Å². The largest absolute Gasteiger partial charge is 0.343 e. The highest BCUT2D eigenvalue weighted by atomic mass is 32.2. The molecular weight excluding hydrogens is 322 g/mol. The molecule has 132 valence electrons. The van der Waals surface area contributed by atoms with E-state index in [1.165, 1.54) is 59.2 Å². The summed E-state index contributed by atoms with van der Waals surface area (Å²) >= 11 is 1.88. The third-order valence-corrected chi connectivity index (χ3v) is 5.90. The van der Waals surface area contributed by atoms with Gasteiger partial charge in [0.05, 0.1) is 0 Å². The Hall–Kier alpha value is -1.67. The summed E-state index contributed by atoms with van der Waals surface area (Å²) in [5.41, 5.74) is 1.39. The number of rotatable bonds is 9. The first-order valence-corrected chi connectivity index (χ1v) is 10.5. The van der Waals surface area contributed by atoms with Crippen LogP contribution in [0.15, 0.2) is 70.6 Å². The Labute approximate surface area is 156 Å². The Balaban J connectivity index is 1.96. The summed E-state index contributed by atoms with van der Waals surface area (Å²) in [7, 11) is 0. The molecule has 3 aromatic rings. The van der Waals surface area contributed by atoms with Gasteiger partial charge in [0.25, 0.3) is 0 Å². The van der Waals surface area contributed by atoms with Crippen molar-refractivity contribution >= 4 is 22.7 Å². The van der Waals surface area contributed by atoms with E-state index >= 15 is 0 Å². The van der Waals surface area contributed by atoms with E-state index in [0.717, 1.165) is 0 Å². The Morgan fingerprint density at radius 1 is 0.840 bits per heavy atom. The predicted octanol–water partition coefficient (Wildman–Crippen LogP) is 7.71. The molecule has 0 aliphatic rings. The van der Waals surface area contributed by atoms with Crippen LogP contribution in [0.5, 0.6) is 0 Å². The number of fused-ring (bicyclic) bond motifs is 1. The smallest absolute Gasteiger partial charge is 0.0494 e. The SMILES string of the molecule is CCCCC(CCCC)n1cc(Sc2ccccc2)c2ccccc21. The Morgan fingerprint density at radius 2 is 1.48 bits per heavy atom. The number of para-hydroxylation sites is 1. The lowest BCUT2D eigenvalue weighted by molar-refractivity contribution is 0.417. The van der Waals surface area contributed by atoms with Gasteiger partial charge in [0, 0.05) is 32.9 Å². The summed E-state index contributed by atoms with van der Waals surface area (Å²) in [6, 6.07) is 20.2. The molecule has 1 nitrogen and oxygen atoms in total. The van der Waals surface area contributed by atoms with Gasteiger partial charge in [-0.1, -0.05) is 87.7 Å². The molecule has 0 bridgehead atoms. The minimum atomic E-state index is 0.620. The van der Waals surface area contributed by atoms with Crippen LogP contribution >= 0.6 is 11.8 Å². The second-order valence-electron chi connectivity index (χ2n) is 6.77. The molecule has 1 aromatic heterocycles. The standard InChI is InChI=1S/C23H29NS/c1-3-5-12-19(13-6-4-2)24-18-23(21-16-10-11-17-22(21)24)25-20-14-8-7-9-15-20/h7-11,14-19H,3-6,12-13H2,1-2H3. The van der Waals surface area contributed by atoms with Gasteiger partial charge in [0.1, 0.15) is 0 Å². The van der Waals surface area contributed by atoms with Crippen molar-refractivity contribution in [2.24, 2.45) is 0 Å². The van der Waals surface area contributed by atoms with E-state index in [9.17, 15) is 0 Å². The van der Waals surface area contributed by atoms with Gasteiger partial charge in [-0.25, -0.2) is 0 Å². The average molecular weight is 352 g/mol. The van der Waals surface area contributed by atoms with E-state index in [1.807, 2.05) is 11.8 Å². The molecule has 2 heteroatoms. The van der Waals surface area contributed by atoms with Crippen LogP contribution in [0.3, 0.4) is 0 Å². The van der Waals surface area contributed by atoms with Gasteiger partial charge in [-0.2, -0.15) is 0 Å². The van der Waals surface area contributed by atoms with Crippen LogP contribution in [-0.2, 0) is 0 Å². The lowest BCUT2D eigenvalue weighted by Crippen LogP contribution is -2.08. The van der Waals surface area contributed by atoms with Crippen molar-refractivity contribution in [1.82, 2.24) is 4.57 Å². The number of benzene rings is 2. The van der Waals surface area contributed by atoms with E-state index in [0.29, 0.717) is 6.04 Å². The zero-order chi connectivity index (χ0) is 17.5. The van der Waals surface area contributed by atoms with Crippen molar-refractivity contribution in [3.8, 4) is 0 Å². The van der Waals surface area contributed by atoms with Crippen molar-refractivity contribution in [3.63, 3.8) is 0 Å². The van der Waals surface area contributed by atoms with Gasteiger partial charge >= 0.3 is 0 Å². The van der Waals surface area contributed by atoms with Gasteiger partial charge in [-0.3, -0.25) is 0 Å². The highest BCUT2D eigenvalue weighted by molar-refractivity contribution is 7.99. The maximum absolute atomic E-state index is 2.56. The highest BCUT2D eigenvalue weighted by Gasteiger charge is 2.16. The van der Waals surface area contributed by atoms with Crippen LogP contribution in [0.25, 0.3) is 10.9 Å². The monoisotopic (exact) mass is 351 g/mol. The van der Waals surface area contributed by atoms with Gasteiger partial charge in [-0.15, -0.1) is 0 Å². The molecule has 0 unspecified atom stereocenters. The lowest BCUT2D eigenvalue weighted by atomic mass is 10.0. The zero-order valence-electron chi connectivity index (χ0n) is 15.4. The van der Waals surface area contributed by atoms with Gasteiger partial charge in [0.2, 0.25) is 0 Å². The molecule has 0 aliphatic heterocycles. The predicted molar refractivity (Wildman–Crippen MR) is 111 cm³/mol. The molecular formula is C23H29NS. The molecule has 2 aromatic carbocycles. The second-order valence-corrected chi connectivity index (χ2v) is 7.89. The van der Waals surface area contributed by atoms with E-state index < -0.39 is 0 Å². The molecule has 0 spiro atoms. The Bertz CT molecular complexity index is 767. The fourth-order valence-corrected chi connectivity index (χ4v) is 4.47. The number of unbranched alkanes of at least 4 members (excludes halogenated alkanes) is 2. The Morgan fingerprint density at radius 3 is 2.16 bits per heavy atom. The average Bonchev–Trinajstić information content (AvgIpc) is 3.01. The van der Waals surface area contributed by atoms with Crippen molar-refractivity contribution in [2.75, 3.05) is 0 Å². The number of nitrogens with zero attached hydrogens (tertiary/aromatic N) is 1. The van der Waals surface area contributed by atoms with Gasteiger partial charge < -0.3 is 4.57 Å². The molecule has 0 atom stereocenters. The molecule has 0 fully saturated rings. The summed E-state index contributed by atoms with van der Waals surface area (Å²) in [5.74, 6) is 0. The van der Waals surface area contributed by atoms with E-state index in [-0.39, 0.29) is 0 Å². The van der Waals surface area contributed by atoms with Crippen molar-refractivity contribution in [3.05, 3.63) is 60.8 Å². The molecule has 0 saturated heterocycles. The first-order chi connectivity index (χ1) is 12.3. The molecule has 0 amide bonds. The van der Waals surface area contributed by atoms with Crippen LogP contribution in [0.4, 0.5) is 0 Å². The first-order valence-electron chi connectivity index (χ1n) is 9.66. The maximum atomic E-state index is 2.56. The van der Waals surface area contributed by atoms with Crippen molar-refractivity contribution in [1.29, 1.82) is 0 Å². The molecule has 25 heavy (non-hydrogen) atoms. The van der Waals surface area contributed by atoms with Crippen LogP contribution < -0.4 is 0 Å². The molecule has 1 heterocycles. The number of hydrogen-bond acceptors (Lipinski definition) is 1. The van der Waals surface area contributed by atoms with Crippen LogP contribution in [-0.4, -0.2) is 4.57 Å². The summed E-state index contributed by atoms with van der Waals surface area (Å²) in [5, 5.41) is 1.38. The number of hydrogen-bond donors (Lipinski definition) is 0. The summed E-state index contributed by atoms with van der Waals surface area (Å²) in [6.07, 6.45) is 10.1. The van der Waals surface area contributed by atoms with Crippen molar-refractivity contribution < 1.29 is 0 Å². The van der Waals surface area contributed by atoms with Crippen LogP contribution in [0, 0.1) is 0 Å². The third-order valence-electron chi connectivity index (χ3n) is 4.85. The van der Waals surface area contributed by atoms with Crippen LogP contribution in [0.2, 0.25) is 0 Å². The minimum Gasteiger partial charge on any atom is -0.343 e.